The molecule has 1 rings (SSSR count). The fourth-order valence-electron chi connectivity index (χ4n) is 1.48. The Bertz CT molecular complexity index is 435. The predicted molar refractivity (Wildman–Crippen MR) is 66.7 cm³/mol. The van der Waals surface area contributed by atoms with Gasteiger partial charge >= 0.3 is 5.97 Å². The zero-order chi connectivity index (χ0) is 13.5. The SMILES string of the molecule is COC(=O)c1ccc(CN(CC#N)C(C)C)nc1. The summed E-state index contributed by atoms with van der Waals surface area (Å²) >= 11 is 0. The van der Waals surface area contributed by atoms with E-state index in [2.05, 4.69) is 15.8 Å². The fraction of sp³-hybridized carbons (Fsp3) is 0.462. The number of nitriles is 1. The summed E-state index contributed by atoms with van der Waals surface area (Å²) in [7, 11) is 1.34. The van der Waals surface area contributed by atoms with Gasteiger partial charge in [0.05, 0.1) is 31.0 Å². The number of esters is 1. The van der Waals surface area contributed by atoms with E-state index in [1.54, 1.807) is 12.1 Å². The number of hydrogen-bond donors (Lipinski definition) is 0. The monoisotopic (exact) mass is 247 g/mol. The molecular formula is C13H17N3O2. The molecule has 0 saturated heterocycles. The molecule has 5 heteroatoms. The van der Waals surface area contributed by atoms with Crippen molar-refractivity contribution < 1.29 is 9.53 Å². The molecule has 0 aromatic carbocycles. The molecule has 0 bridgehead atoms. The molecule has 0 N–H and O–H groups in total. The summed E-state index contributed by atoms with van der Waals surface area (Å²) in [5.41, 5.74) is 1.25. The van der Waals surface area contributed by atoms with E-state index in [9.17, 15) is 4.79 Å². The molecule has 0 radical (unpaired) electrons. The number of methoxy groups -OCH3 is 1. The van der Waals surface area contributed by atoms with Crippen molar-refractivity contribution in [1.82, 2.24) is 9.88 Å². The van der Waals surface area contributed by atoms with E-state index in [1.165, 1.54) is 13.3 Å². The molecule has 1 aromatic heterocycles. The molecule has 18 heavy (non-hydrogen) atoms. The minimum absolute atomic E-state index is 0.270. The van der Waals surface area contributed by atoms with Gasteiger partial charge in [-0.1, -0.05) is 0 Å². The van der Waals surface area contributed by atoms with Crippen molar-refractivity contribution in [3.63, 3.8) is 0 Å². The first-order valence-electron chi connectivity index (χ1n) is 5.72. The molecule has 1 aromatic rings. The molecule has 1 heterocycles. The quantitative estimate of drug-likeness (QED) is 0.584. The first-order chi connectivity index (χ1) is 8.58. The lowest BCUT2D eigenvalue weighted by atomic mass is 10.2. The zero-order valence-corrected chi connectivity index (χ0v) is 10.9. The Labute approximate surface area is 107 Å². The molecule has 0 aliphatic carbocycles. The second-order valence-corrected chi connectivity index (χ2v) is 4.19. The van der Waals surface area contributed by atoms with Crippen LogP contribution in [0.1, 0.15) is 29.9 Å². The van der Waals surface area contributed by atoms with E-state index in [-0.39, 0.29) is 6.04 Å². The average Bonchev–Trinajstić information content (AvgIpc) is 2.38. The van der Waals surface area contributed by atoms with Crippen LogP contribution in [0, 0.1) is 11.3 Å². The number of nitrogens with zero attached hydrogens (tertiary/aromatic N) is 3. The number of carbonyl (C=O) groups is 1. The predicted octanol–water partition coefficient (Wildman–Crippen LogP) is 1.60. The van der Waals surface area contributed by atoms with Crippen LogP contribution in [0.15, 0.2) is 18.3 Å². The number of pyridine rings is 1. The van der Waals surface area contributed by atoms with Gasteiger partial charge in [0.2, 0.25) is 0 Å². The lowest BCUT2D eigenvalue weighted by molar-refractivity contribution is 0.0600. The topological polar surface area (TPSA) is 66.2 Å². The van der Waals surface area contributed by atoms with Gasteiger partial charge in [0.1, 0.15) is 0 Å². The smallest absolute Gasteiger partial charge is 0.339 e. The Morgan fingerprint density at radius 2 is 2.28 bits per heavy atom. The van der Waals surface area contributed by atoms with Crippen molar-refractivity contribution in [1.29, 1.82) is 5.26 Å². The van der Waals surface area contributed by atoms with Crippen molar-refractivity contribution in [3.05, 3.63) is 29.6 Å². The van der Waals surface area contributed by atoms with Gasteiger partial charge in [0.15, 0.2) is 0 Å². The van der Waals surface area contributed by atoms with Crippen LogP contribution in [0.2, 0.25) is 0 Å². The fourth-order valence-corrected chi connectivity index (χ4v) is 1.48. The minimum Gasteiger partial charge on any atom is -0.465 e. The lowest BCUT2D eigenvalue weighted by Crippen LogP contribution is -2.31. The highest BCUT2D eigenvalue weighted by Gasteiger charge is 2.11. The largest absolute Gasteiger partial charge is 0.465 e. The summed E-state index contributed by atoms with van der Waals surface area (Å²) in [6, 6.07) is 5.86. The first-order valence-corrected chi connectivity index (χ1v) is 5.72. The van der Waals surface area contributed by atoms with Crippen molar-refractivity contribution in [2.24, 2.45) is 0 Å². The van der Waals surface area contributed by atoms with Crippen molar-refractivity contribution >= 4 is 5.97 Å². The second kappa shape index (κ2) is 6.72. The van der Waals surface area contributed by atoms with Crippen molar-refractivity contribution in [3.8, 4) is 6.07 Å². The maximum absolute atomic E-state index is 11.2. The van der Waals surface area contributed by atoms with Gasteiger partial charge in [-0.25, -0.2) is 4.79 Å². The Balaban J connectivity index is 2.73. The van der Waals surface area contributed by atoms with E-state index in [0.717, 1.165) is 5.69 Å². The van der Waals surface area contributed by atoms with Crippen LogP contribution < -0.4 is 0 Å². The van der Waals surface area contributed by atoms with E-state index >= 15 is 0 Å². The molecule has 0 saturated carbocycles. The average molecular weight is 247 g/mol. The van der Waals surface area contributed by atoms with E-state index in [0.29, 0.717) is 18.7 Å². The van der Waals surface area contributed by atoms with Crippen molar-refractivity contribution in [2.45, 2.75) is 26.4 Å². The molecule has 0 atom stereocenters. The van der Waals surface area contributed by atoms with Crippen LogP contribution in [-0.2, 0) is 11.3 Å². The van der Waals surface area contributed by atoms with Gasteiger partial charge in [0.25, 0.3) is 0 Å². The third-order valence-electron chi connectivity index (χ3n) is 2.62. The van der Waals surface area contributed by atoms with Gasteiger partial charge in [-0.05, 0) is 26.0 Å². The second-order valence-electron chi connectivity index (χ2n) is 4.19. The summed E-state index contributed by atoms with van der Waals surface area (Å²) in [5.74, 6) is -0.396. The minimum atomic E-state index is -0.396. The standard InChI is InChI=1S/C13H17N3O2/c1-10(2)16(7-6-14)9-12-5-4-11(8-15-12)13(17)18-3/h4-5,8,10H,7,9H2,1-3H3. The first kappa shape index (κ1) is 14.1. The molecule has 0 aliphatic rings. The maximum Gasteiger partial charge on any atom is 0.339 e. The molecule has 0 unspecified atom stereocenters. The molecule has 0 amide bonds. The Hall–Kier alpha value is -1.93. The van der Waals surface area contributed by atoms with Crippen molar-refractivity contribution in [2.75, 3.05) is 13.7 Å². The van der Waals surface area contributed by atoms with Crippen LogP contribution in [0.5, 0.6) is 0 Å². The molecule has 0 spiro atoms. The normalized spacial score (nSPS) is 10.4. The highest BCUT2D eigenvalue weighted by molar-refractivity contribution is 5.88. The molecule has 96 valence electrons. The number of hydrogen-bond acceptors (Lipinski definition) is 5. The Morgan fingerprint density at radius 1 is 1.56 bits per heavy atom. The number of carbonyl (C=O) groups excluding carboxylic acids is 1. The summed E-state index contributed by atoms with van der Waals surface area (Å²) in [6.07, 6.45) is 1.49. The zero-order valence-electron chi connectivity index (χ0n) is 10.9. The lowest BCUT2D eigenvalue weighted by Gasteiger charge is -2.22. The van der Waals surface area contributed by atoms with Gasteiger partial charge in [-0.15, -0.1) is 0 Å². The molecule has 5 nitrogen and oxygen atoms in total. The summed E-state index contributed by atoms with van der Waals surface area (Å²) in [5, 5.41) is 8.74. The van der Waals surface area contributed by atoms with E-state index < -0.39 is 5.97 Å². The third kappa shape index (κ3) is 3.82. The van der Waals surface area contributed by atoms with Crippen LogP contribution in [0.25, 0.3) is 0 Å². The van der Waals surface area contributed by atoms with Crippen LogP contribution in [-0.4, -0.2) is 35.5 Å². The molecular weight excluding hydrogens is 230 g/mol. The van der Waals surface area contributed by atoms with Gasteiger partial charge in [0, 0.05) is 18.8 Å². The molecule has 0 fully saturated rings. The summed E-state index contributed by atoms with van der Waals surface area (Å²) in [4.78, 5) is 17.4. The number of ether oxygens (including phenoxy) is 1. The Kier molecular flexibility index (Phi) is 5.28. The number of aromatic nitrogens is 1. The molecule has 0 aliphatic heterocycles. The maximum atomic E-state index is 11.2. The van der Waals surface area contributed by atoms with E-state index in [1.807, 2.05) is 18.7 Å². The van der Waals surface area contributed by atoms with Gasteiger partial charge in [-0.2, -0.15) is 5.26 Å². The van der Waals surface area contributed by atoms with Crippen LogP contribution in [0.4, 0.5) is 0 Å². The van der Waals surface area contributed by atoms with Crippen LogP contribution >= 0.6 is 0 Å². The van der Waals surface area contributed by atoms with E-state index in [4.69, 9.17) is 5.26 Å². The van der Waals surface area contributed by atoms with Crippen LogP contribution in [0.3, 0.4) is 0 Å². The highest BCUT2D eigenvalue weighted by atomic mass is 16.5. The van der Waals surface area contributed by atoms with Gasteiger partial charge in [-0.3, -0.25) is 9.88 Å². The number of rotatable bonds is 5. The highest BCUT2D eigenvalue weighted by Crippen LogP contribution is 2.07. The third-order valence-corrected chi connectivity index (χ3v) is 2.62. The summed E-state index contributed by atoms with van der Waals surface area (Å²) in [6.45, 7) is 5.01. The summed E-state index contributed by atoms with van der Waals surface area (Å²) < 4.78 is 4.60. The Morgan fingerprint density at radius 3 is 2.72 bits per heavy atom. The van der Waals surface area contributed by atoms with Gasteiger partial charge < -0.3 is 4.74 Å².